The number of aliphatic hydroxyl groups is 1. The van der Waals surface area contributed by atoms with Crippen molar-refractivity contribution in [3.8, 4) is 28.7 Å². The summed E-state index contributed by atoms with van der Waals surface area (Å²) in [5.74, 6) is 2.28. The van der Waals surface area contributed by atoms with Gasteiger partial charge in [0.2, 0.25) is 5.78 Å². The smallest absolute Gasteiger partial charge is 0.206 e. The van der Waals surface area contributed by atoms with Crippen LogP contribution in [0.1, 0.15) is 41.3 Å². The summed E-state index contributed by atoms with van der Waals surface area (Å²) >= 11 is 0. The van der Waals surface area contributed by atoms with Crippen molar-refractivity contribution in [2.45, 2.75) is 37.6 Å². The van der Waals surface area contributed by atoms with Crippen LogP contribution in [0.4, 0.5) is 0 Å². The average Bonchev–Trinajstić information content (AvgIpc) is 3.08. The largest absolute Gasteiger partial charge is 0.493 e. The highest BCUT2D eigenvalue weighted by atomic mass is 16.6. The molecule has 1 aliphatic carbocycles. The molecule has 7 heteroatoms. The van der Waals surface area contributed by atoms with Crippen LogP contribution in [0, 0.1) is 5.41 Å². The van der Waals surface area contributed by atoms with E-state index in [2.05, 4.69) is 13.8 Å². The molecule has 156 valence electrons. The first-order chi connectivity index (χ1) is 14.3. The van der Waals surface area contributed by atoms with E-state index >= 15 is 0 Å². The number of hydrogen-bond acceptors (Lipinski definition) is 7. The molecule has 0 unspecified atom stereocenters. The SMILES string of the molecule is COc1cc2c(cc1OC)[C@@]1(O)C(=O)c3ccc4c(c3O[C@H]1CO2)[C@H]1[C@@H](O4)C1(C)C. The van der Waals surface area contributed by atoms with Crippen LogP contribution in [-0.2, 0) is 5.60 Å². The van der Waals surface area contributed by atoms with Crippen LogP contribution in [0.15, 0.2) is 24.3 Å². The summed E-state index contributed by atoms with van der Waals surface area (Å²) in [5.41, 5.74) is -0.278. The lowest BCUT2D eigenvalue weighted by Gasteiger charge is -2.43. The Labute approximate surface area is 173 Å². The van der Waals surface area contributed by atoms with Gasteiger partial charge in [0.05, 0.1) is 19.8 Å². The van der Waals surface area contributed by atoms with Gasteiger partial charge in [-0.3, -0.25) is 4.79 Å². The summed E-state index contributed by atoms with van der Waals surface area (Å²) in [6, 6.07) is 6.69. The molecule has 4 atom stereocenters. The molecule has 0 bridgehead atoms. The molecule has 30 heavy (non-hydrogen) atoms. The van der Waals surface area contributed by atoms with Gasteiger partial charge >= 0.3 is 0 Å². The van der Waals surface area contributed by atoms with Crippen molar-refractivity contribution in [1.82, 2.24) is 0 Å². The second-order valence-corrected chi connectivity index (χ2v) is 8.91. The molecular formula is C23H22O7. The van der Waals surface area contributed by atoms with Gasteiger partial charge in [-0.1, -0.05) is 13.8 Å². The van der Waals surface area contributed by atoms with Crippen molar-refractivity contribution in [2.75, 3.05) is 20.8 Å². The second kappa shape index (κ2) is 5.40. The summed E-state index contributed by atoms with van der Waals surface area (Å²) in [6.45, 7) is 4.32. The Balaban J connectivity index is 1.51. The lowest BCUT2D eigenvalue weighted by Crippen LogP contribution is -2.57. The number of hydrogen-bond donors (Lipinski definition) is 1. The molecule has 7 nitrogen and oxygen atoms in total. The maximum Gasteiger partial charge on any atom is 0.206 e. The van der Waals surface area contributed by atoms with E-state index in [9.17, 15) is 9.90 Å². The van der Waals surface area contributed by atoms with Crippen molar-refractivity contribution in [3.05, 3.63) is 41.0 Å². The predicted molar refractivity (Wildman–Crippen MR) is 105 cm³/mol. The molecule has 0 aromatic heterocycles. The van der Waals surface area contributed by atoms with Gasteiger partial charge in [-0.25, -0.2) is 0 Å². The lowest BCUT2D eigenvalue weighted by molar-refractivity contribution is -0.0803. The summed E-state index contributed by atoms with van der Waals surface area (Å²) in [5, 5.41) is 11.7. The summed E-state index contributed by atoms with van der Waals surface area (Å²) in [4.78, 5) is 13.7. The lowest BCUT2D eigenvalue weighted by atomic mass is 9.76. The van der Waals surface area contributed by atoms with Gasteiger partial charge in [0.15, 0.2) is 23.2 Å². The highest BCUT2D eigenvalue weighted by Crippen LogP contribution is 2.69. The Bertz CT molecular complexity index is 1120. The fourth-order valence-electron chi connectivity index (χ4n) is 5.23. The van der Waals surface area contributed by atoms with Crippen LogP contribution in [0.5, 0.6) is 28.7 Å². The fourth-order valence-corrected chi connectivity index (χ4v) is 5.23. The van der Waals surface area contributed by atoms with Crippen molar-refractivity contribution in [3.63, 3.8) is 0 Å². The molecule has 2 aromatic rings. The Hall–Kier alpha value is -2.93. The van der Waals surface area contributed by atoms with Crippen LogP contribution in [0.25, 0.3) is 0 Å². The van der Waals surface area contributed by atoms with E-state index in [-0.39, 0.29) is 24.0 Å². The average molecular weight is 410 g/mol. The topological polar surface area (TPSA) is 83.5 Å². The van der Waals surface area contributed by atoms with Gasteiger partial charge in [-0.15, -0.1) is 0 Å². The molecule has 3 aliphatic heterocycles. The van der Waals surface area contributed by atoms with E-state index in [0.29, 0.717) is 34.1 Å². The Morgan fingerprint density at radius 2 is 1.80 bits per heavy atom. The molecule has 0 radical (unpaired) electrons. The number of benzene rings is 2. The molecule has 0 amide bonds. The highest BCUT2D eigenvalue weighted by Gasteiger charge is 2.67. The van der Waals surface area contributed by atoms with E-state index < -0.39 is 17.5 Å². The third-order valence-electron chi connectivity index (χ3n) is 7.05. The summed E-state index contributed by atoms with van der Waals surface area (Å²) < 4.78 is 28.9. The molecule has 0 spiro atoms. The Morgan fingerprint density at radius 3 is 2.53 bits per heavy atom. The molecule has 1 fully saturated rings. The zero-order valence-electron chi connectivity index (χ0n) is 17.1. The third kappa shape index (κ3) is 1.92. The zero-order chi connectivity index (χ0) is 21.0. The number of methoxy groups -OCH3 is 2. The Kier molecular flexibility index (Phi) is 3.22. The van der Waals surface area contributed by atoms with Gasteiger partial charge in [0.25, 0.3) is 0 Å². The normalized spacial score (nSPS) is 31.0. The number of carbonyl (C=O) groups excluding carboxylic acids is 1. The highest BCUT2D eigenvalue weighted by molar-refractivity contribution is 6.08. The minimum atomic E-state index is -1.88. The van der Waals surface area contributed by atoms with Crippen molar-refractivity contribution in [1.29, 1.82) is 0 Å². The van der Waals surface area contributed by atoms with E-state index in [4.69, 9.17) is 23.7 Å². The van der Waals surface area contributed by atoms with E-state index in [1.807, 2.05) is 0 Å². The molecule has 3 heterocycles. The molecule has 6 rings (SSSR count). The maximum absolute atomic E-state index is 13.7. The number of fused-ring (bicyclic) bond motifs is 8. The minimum absolute atomic E-state index is 0.00185. The van der Waals surface area contributed by atoms with E-state index in [0.717, 1.165) is 11.3 Å². The number of Topliss-reactive ketones (excluding diaryl/α,β-unsaturated/α-hetero) is 1. The molecule has 1 N–H and O–H groups in total. The number of carbonyl (C=O) groups is 1. The molecule has 1 saturated carbocycles. The van der Waals surface area contributed by atoms with Crippen LogP contribution in [0.3, 0.4) is 0 Å². The van der Waals surface area contributed by atoms with Gasteiger partial charge in [-0.05, 0) is 18.2 Å². The van der Waals surface area contributed by atoms with Crippen molar-refractivity contribution < 1.29 is 33.6 Å². The fraction of sp³-hybridized carbons (Fsp3) is 0.435. The monoisotopic (exact) mass is 410 g/mol. The first kappa shape index (κ1) is 17.9. The van der Waals surface area contributed by atoms with Crippen molar-refractivity contribution in [2.24, 2.45) is 5.41 Å². The van der Waals surface area contributed by atoms with Crippen molar-refractivity contribution >= 4 is 5.78 Å². The van der Waals surface area contributed by atoms with Gasteiger partial charge in [0, 0.05) is 28.5 Å². The van der Waals surface area contributed by atoms with Gasteiger partial charge in [-0.2, -0.15) is 0 Å². The standard InChI is InChI=1S/C23H22O7/c1-22(2)18-17-12(29-21(18)22)6-5-10-19(17)30-16-9-28-13-8-15(27-4)14(26-3)7-11(13)23(16,25)20(10)24/h5-8,16,18,21,25H,9H2,1-4H3/t16-,18-,21+,23-/m0/s1. The van der Waals surface area contributed by atoms with Crippen LogP contribution in [0.2, 0.25) is 0 Å². The summed E-state index contributed by atoms with van der Waals surface area (Å²) in [7, 11) is 3.02. The molecular weight excluding hydrogens is 388 g/mol. The quantitative estimate of drug-likeness (QED) is 0.815. The third-order valence-corrected chi connectivity index (χ3v) is 7.05. The molecule has 0 saturated heterocycles. The summed E-state index contributed by atoms with van der Waals surface area (Å²) in [6.07, 6.45) is -0.783. The predicted octanol–water partition coefficient (Wildman–Crippen LogP) is 2.81. The van der Waals surface area contributed by atoms with Crippen LogP contribution in [-0.4, -0.2) is 43.9 Å². The maximum atomic E-state index is 13.7. The first-order valence-electron chi connectivity index (χ1n) is 9.99. The zero-order valence-corrected chi connectivity index (χ0v) is 17.1. The number of rotatable bonds is 2. The van der Waals surface area contributed by atoms with Gasteiger partial charge in [0.1, 0.15) is 30.0 Å². The van der Waals surface area contributed by atoms with E-state index in [1.54, 1.807) is 24.3 Å². The number of ether oxygens (including phenoxy) is 5. The van der Waals surface area contributed by atoms with Crippen LogP contribution < -0.4 is 23.7 Å². The second-order valence-electron chi connectivity index (χ2n) is 8.91. The Morgan fingerprint density at radius 1 is 1.07 bits per heavy atom. The molecule has 4 aliphatic rings. The number of ketones is 1. The first-order valence-corrected chi connectivity index (χ1v) is 9.99. The van der Waals surface area contributed by atoms with Gasteiger partial charge < -0.3 is 28.8 Å². The molecule has 2 aromatic carbocycles. The van der Waals surface area contributed by atoms with Crippen LogP contribution >= 0.6 is 0 Å². The minimum Gasteiger partial charge on any atom is -0.493 e. The van der Waals surface area contributed by atoms with E-state index in [1.165, 1.54) is 14.2 Å².